The fourth-order valence-electron chi connectivity index (χ4n) is 3.60. The number of hydrogen-bond acceptors (Lipinski definition) is 5. The molecule has 0 amide bonds. The van der Waals surface area contributed by atoms with Crippen molar-refractivity contribution in [2.45, 2.75) is 25.9 Å². The van der Waals surface area contributed by atoms with Gasteiger partial charge < -0.3 is 14.8 Å². The number of aromatic nitrogens is 2. The van der Waals surface area contributed by atoms with Crippen LogP contribution in [-0.4, -0.2) is 53.6 Å². The van der Waals surface area contributed by atoms with Gasteiger partial charge in [-0.3, -0.25) is 9.58 Å². The first-order chi connectivity index (χ1) is 12.2. The van der Waals surface area contributed by atoms with Crippen LogP contribution in [0.4, 0.5) is 0 Å². The molecule has 0 bridgehead atoms. The molecule has 6 nitrogen and oxygen atoms in total. The molecule has 0 spiro atoms. The molecule has 1 aromatic carbocycles. The molecule has 2 aliphatic rings. The number of benzene rings is 1. The molecule has 26 heavy (non-hydrogen) atoms. The van der Waals surface area contributed by atoms with Crippen molar-refractivity contribution in [3.05, 3.63) is 30.0 Å². The van der Waals surface area contributed by atoms with E-state index in [1.165, 1.54) is 5.56 Å². The van der Waals surface area contributed by atoms with Crippen LogP contribution >= 0.6 is 12.4 Å². The second-order valence-electron chi connectivity index (χ2n) is 6.98. The van der Waals surface area contributed by atoms with Crippen LogP contribution in [0.25, 0.3) is 11.3 Å². The number of fused-ring (bicyclic) bond motifs is 1. The highest BCUT2D eigenvalue weighted by molar-refractivity contribution is 5.85. The lowest BCUT2D eigenvalue weighted by molar-refractivity contribution is 0.200. The van der Waals surface area contributed by atoms with Crippen LogP contribution in [0.2, 0.25) is 0 Å². The number of ether oxygens (including phenoxy) is 2. The number of hydrogen-bond donors (Lipinski definition) is 1. The lowest BCUT2D eigenvalue weighted by atomic mass is 10.1. The summed E-state index contributed by atoms with van der Waals surface area (Å²) in [6.45, 7) is 7.74. The van der Waals surface area contributed by atoms with Crippen molar-refractivity contribution >= 4 is 12.4 Å². The standard InChI is InChI=1S/C19H26N4O2.ClH/c1-14-11-23(7-6-20-14)13-16-12-22(2)21-19(16)15-4-5-17-18(10-15)25-9-3-8-24-17;/h4-5,10,12,14,20H,3,6-9,11,13H2,1-2H3;1H. The third kappa shape index (κ3) is 4.14. The number of piperazine rings is 1. The average Bonchev–Trinajstić information content (AvgIpc) is 2.81. The van der Waals surface area contributed by atoms with Gasteiger partial charge in [0.1, 0.15) is 0 Å². The molecule has 2 aliphatic heterocycles. The highest BCUT2D eigenvalue weighted by atomic mass is 35.5. The predicted molar refractivity (Wildman–Crippen MR) is 104 cm³/mol. The molecule has 1 saturated heterocycles. The van der Waals surface area contributed by atoms with E-state index in [2.05, 4.69) is 35.5 Å². The van der Waals surface area contributed by atoms with Gasteiger partial charge in [0.15, 0.2) is 11.5 Å². The Hall–Kier alpha value is -1.76. The molecule has 0 radical (unpaired) electrons. The number of aryl methyl sites for hydroxylation is 1. The minimum absolute atomic E-state index is 0. The summed E-state index contributed by atoms with van der Waals surface area (Å²) in [5, 5.41) is 8.21. The Kier molecular flexibility index (Phi) is 6.06. The fourth-order valence-corrected chi connectivity index (χ4v) is 3.60. The van der Waals surface area contributed by atoms with Gasteiger partial charge in [0, 0.05) is 63.0 Å². The van der Waals surface area contributed by atoms with Gasteiger partial charge in [-0.05, 0) is 25.1 Å². The molecule has 0 saturated carbocycles. The van der Waals surface area contributed by atoms with Crippen molar-refractivity contribution in [2.75, 3.05) is 32.8 Å². The first kappa shape index (κ1) is 19.0. The molecule has 4 rings (SSSR count). The Morgan fingerprint density at radius 2 is 2.04 bits per heavy atom. The first-order valence-electron chi connectivity index (χ1n) is 9.07. The van der Waals surface area contributed by atoms with Crippen LogP contribution in [0.5, 0.6) is 11.5 Å². The van der Waals surface area contributed by atoms with Crippen molar-refractivity contribution in [3.8, 4) is 22.8 Å². The van der Waals surface area contributed by atoms with Gasteiger partial charge >= 0.3 is 0 Å². The average molecular weight is 379 g/mol. The zero-order chi connectivity index (χ0) is 17.2. The molecule has 142 valence electrons. The number of halogens is 1. The third-order valence-electron chi connectivity index (χ3n) is 4.77. The van der Waals surface area contributed by atoms with E-state index in [-0.39, 0.29) is 12.4 Å². The van der Waals surface area contributed by atoms with Crippen LogP contribution in [0.15, 0.2) is 24.4 Å². The normalized spacial score (nSPS) is 20.3. The number of rotatable bonds is 3. The molecule has 0 aliphatic carbocycles. The van der Waals surface area contributed by atoms with Gasteiger partial charge in [-0.25, -0.2) is 0 Å². The molecule has 1 N–H and O–H groups in total. The SMILES string of the molecule is CC1CN(Cc2cn(C)nc2-c2ccc3c(c2)OCCCO3)CCN1.Cl. The summed E-state index contributed by atoms with van der Waals surface area (Å²) in [7, 11) is 1.98. The van der Waals surface area contributed by atoms with Gasteiger partial charge in [0.05, 0.1) is 18.9 Å². The van der Waals surface area contributed by atoms with Crippen molar-refractivity contribution in [1.82, 2.24) is 20.0 Å². The maximum absolute atomic E-state index is 5.84. The summed E-state index contributed by atoms with van der Waals surface area (Å²) < 4.78 is 13.5. The second-order valence-corrected chi connectivity index (χ2v) is 6.98. The summed E-state index contributed by atoms with van der Waals surface area (Å²) in [6.07, 6.45) is 3.05. The van der Waals surface area contributed by atoms with Crippen LogP contribution in [-0.2, 0) is 13.6 Å². The molecule has 2 aromatic rings. The van der Waals surface area contributed by atoms with Gasteiger partial charge in [0.25, 0.3) is 0 Å². The molecule has 1 atom stereocenters. The quantitative estimate of drug-likeness (QED) is 0.889. The van der Waals surface area contributed by atoms with Gasteiger partial charge in [0.2, 0.25) is 0 Å². The van der Waals surface area contributed by atoms with E-state index in [1.807, 2.05) is 17.8 Å². The third-order valence-corrected chi connectivity index (χ3v) is 4.77. The minimum Gasteiger partial charge on any atom is -0.490 e. The molecule has 7 heteroatoms. The zero-order valence-electron chi connectivity index (χ0n) is 15.4. The maximum atomic E-state index is 5.84. The Labute approximate surface area is 160 Å². The summed E-state index contributed by atoms with van der Waals surface area (Å²) in [4.78, 5) is 2.49. The van der Waals surface area contributed by atoms with Crippen LogP contribution in [0.1, 0.15) is 18.9 Å². The van der Waals surface area contributed by atoms with E-state index < -0.39 is 0 Å². The summed E-state index contributed by atoms with van der Waals surface area (Å²) in [5.41, 5.74) is 3.37. The highest BCUT2D eigenvalue weighted by Crippen LogP contribution is 2.35. The summed E-state index contributed by atoms with van der Waals surface area (Å²) in [6, 6.07) is 6.68. The van der Waals surface area contributed by atoms with Gasteiger partial charge in [-0.15, -0.1) is 12.4 Å². The number of nitrogens with one attached hydrogen (secondary N) is 1. The largest absolute Gasteiger partial charge is 0.490 e. The van der Waals surface area contributed by atoms with Gasteiger partial charge in [-0.2, -0.15) is 5.10 Å². The monoisotopic (exact) mass is 378 g/mol. The Balaban J connectivity index is 0.00000196. The van der Waals surface area contributed by atoms with E-state index in [1.54, 1.807) is 0 Å². The van der Waals surface area contributed by atoms with Crippen molar-refractivity contribution in [1.29, 1.82) is 0 Å². The van der Waals surface area contributed by atoms with E-state index in [0.717, 1.165) is 55.4 Å². The zero-order valence-corrected chi connectivity index (χ0v) is 16.2. The molecule has 1 fully saturated rings. The van der Waals surface area contributed by atoms with Gasteiger partial charge in [-0.1, -0.05) is 0 Å². The molecular formula is C19H27ClN4O2. The van der Waals surface area contributed by atoms with E-state index >= 15 is 0 Å². The maximum Gasteiger partial charge on any atom is 0.161 e. The van der Waals surface area contributed by atoms with Crippen LogP contribution in [0, 0.1) is 0 Å². The minimum atomic E-state index is 0. The van der Waals surface area contributed by atoms with Crippen molar-refractivity contribution in [2.24, 2.45) is 7.05 Å². The lowest BCUT2D eigenvalue weighted by Crippen LogP contribution is -2.48. The van der Waals surface area contributed by atoms with Crippen molar-refractivity contribution in [3.63, 3.8) is 0 Å². The first-order valence-corrected chi connectivity index (χ1v) is 9.07. The second kappa shape index (κ2) is 8.29. The number of nitrogens with zero attached hydrogens (tertiary/aromatic N) is 3. The molecule has 1 unspecified atom stereocenters. The Bertz CT molecular complexity index is 749. The molecule has 3 heterocycles. The Morgan fingerprint density at radius 1 is 1.23 bits per heavy atom. The highest BCUT2D eigenvalue weighted by Gasteiger charge is 2.20. The smallest absolute Gasteiger partial charge is 0.161 e. The fraction of sp³-hybridized carbons (Fsp3) is 0.526. The molecular weight excluding hydrogens is 352 g/mol. The summed E-state index contributed by atoms with van der Waals surface area (Å²) in [5.74, 6) is 1.65. The molecule has 1 aromatic heterocycles. The lowest BCUT2D eigenvalue weighted by Gasteiger charge is -2.31. The van der Waals surface area contributed by atoms with E-state index in [9.17, 15) is 0 Å². The summed E-state index contributed by atoms with van der Waals surface area (Å²) >= 11 is 0. The topological polar surface area (TPSA) is 51.6 Å². The Morgan fingerprint density at radius 3 is 2.85 bits per heavy atom. The van der Waals surface area contributed by atoms with Crippen LogP contribution in [0.3, 0.4) is 0 Å². The van der Waals surface area contributed by atoms with E-state index in [0.29, 0.717) is 19.3 Å². The predicted octanol–water partition coefficient (Wildman–Crippen LogP) is 2.46. The van der Waals surface area contributed by atoms with Crippen LogP contribution < -0.4 is 14.8 Å². The van der Waals surface area contributed by atoms with Crippen molar-refractivity contribution < 1.29 is 9.47 Å². The van der Waals surface area contributed by atoms with E-state index in [4.69, 9.17) is 14.6 Å².